The molecule has 1 aliphatic heterocycles. The molecule has 0 spiro atoms. The Bertz CT molecular complexity index is 1150. The minimum atomic E-state index is -5.00. The van der Waals surface area contributed by atoms with E-state index in [0.717, 1.165) is 11.1 Å². The molecule has 0 aliphatic carbocycles. The number of hydrogen-bond donors (Lipinski definition) is 2. The highest BCUT2D eigenvalue weighted by Gasteiger charge is 2.38. The lowest BCUT2D eigenvalue weighted by atomic mass is 9.94. The van der Waals surface area contributed by atoms with Gasteiger partial charge in [-0.1, -0.05) is 60.7 Å². The Hall–Kier alpha value is -3.53. The van der Waals surface area contributed by atoms with Gasteiger partial charge in [-0.05, 0) is 29.3 Å². The first-order chi connectivity index (χ1) is 17.0. The van der Waals surface area contributed by atoms with E-state index in [1.54, 1.807) is 0 Å². The summed E-state index contributed by atoms with van der Waals surface area (Å²) in [5.41, 5.74) is -1.53. The number of nitrogens with zero attached hydrogens (tertiary/aromatic N) is 1. The zero-order valence-electron chi connectivity index (χ0n) is 18.9. The Labute approximate surface area is 203 Å². The van der Waals surface area contributed by atoms with Gasteiger partial charge in [-0.3, -0.25) is 4.90 Å². The summed E-state index contributed by atoms with van der Waals surface area (Å²) in [6, 6.07) is 18.9. The average molecular weight is 507 g/mol. The smallest absolute Gasteiger partial charge is 0.333 e. The standard InChI is InChI=1S/C26H23F6N3O/c27-25(28,29)19-11-20(26(30,31)32)13-21(12-19)33-24(36)34-23-16-35(14-17-7-3-1-4-8-17)15-22(23)18-9-5-2-6-10-18/h1-13,22-23H,14-16H2,(H2,33,34,36)/t22-,23+/m1/s1. The summed E-state index contributed by atoms with van der Waals surface area (Å²) in [5, 5.41) is 4.92. The minimum absolute atomic E-state index is 0.0208. The molecule has 4 nitrogen and oxygen atoms in total. The second-order valence-corrected chi connectivity index (χ2v) is 8.70. The lowest BCUT2D eigenvalue weighted by molar-refractivity contribution is -0.143. The van der Waals surface area contributed by atoms with Crippen LogP contribution in [0.5, 0.6) is 0 Å². The SMILES string of the molecule is O=C(Nc1cc(C(F)(F)F)cc(C(F)(F)F)c1)N[C@H]1CN(Cc2ccccc2)C[C@@H]1c1ccccc1. The fourth-order valence-electron chi connectivity index (χ4n) is 4.40. The Balaban J connectivity index is 1.52. The normalized spacial score (nSPS) is 18.7. The van der Waals surface area contributed by atoms with Gasteiger partial charge in [-0.15, -0.1) is 0 Å². The number of alkyl halides is 6. The number of rotatable bonds is 5. The van der Waals surface area contributed by atoms with Gasteiger partial charge in [-0.2, -0.15) is 26.3 Å². The van der Waals surface area contributed by atoms with Crippen LogP contribution in [0.2, 0.25) is 0 Å². The summed E-state index contributed by atoms with van der Waals surface area (Å²) in [6.45, 7) is 1.70. The number of hydrogen-bond acceptors (Lipinski definition) is 2. The molecule has 2 amide bonds. The van der Waals surface area contributed by atoms with Gasteiger partial charge in [0.25, 0.3) is 0 Å². The number of halogens is 6. The molecule has 190 valence electrons. The largest absolute Gasteiger partial charge is 0.416 e. The Morgan fingerprint density at radius 2 is 1.36 bits per heavy atom. The molecule has 3 aromatic carbocycles. The minimum Gasteiger partial charge on any atom is -0.333 e. The molecule has 10 heteroatoms. The lowest BCUT2D eigenvalue weighted by Gasteiger charge is -2.21. The maximum absolute atomic E-state index is 13.2. The highest BCUT2D eigenvalue weighted by atomic mass is 19.4. The number of carbonyl (C=O) groups excluding carboxylic acids is 1. The van der Waals surface area contributed by atoms with E-state index >= 15 is 0 Å². The van der Waals surface area contributed by atoms with E-state index in [2.05, 4.69) is 15.5 Å². The van der Waals surface area contributed by atoms with Crippen molar-refractivity contribution in [2.45, 2.75) is 30.9 Å². The van der Waals surface area contributed by atoms with Crippen molar-refractivity contribution in [3.63, 3.8) is 0 Å². The molecule has 1 aliphatic rings. The molecule has 1 saturated heterocycles. The third-order valence-corrected chi connectivity index (χ3v) is 6.03. The molecule has 0 saturated carbocycles. The van der Waals surface area contributed by atoms with Crippen molar-refractivity contribution in [2.24, 2.45) is 0 Å². The van der Waals surface area contributed by atoms with Crippen LogP contribution in [0.25, 0.3) is 0 Å². The summed E-state index contributed by atoms with van der Waals surface area (Å²) in [7, 11) is 0. The number of urea groups is 1. The van der Waals surface area contributed by atoms with Crippen molar-refractivity contribution in [1.29, 1.82) is 0 Å². The van der Waals surface area contributed by atoms with Gasteiger partial charge in [0.15, 0.2) is 0 Å². The van der Waals surface area contributed by atoms with Crippen LogP contribution in [0.3, 0.4) is 0 Å². The first-order valence-corrected chi connectivity index (χ1v) is 11.2. The Morgan fingerprint density at radius 3 is 1.92 bits per heavy atom. The van der Waals surface area contributed by atoms with Gasteiger partial charge in [0.1, 0.15) is 0 Å². The predicted molar refractivity (Wildman–Crippen MR) is 123 cm³/mol. The third kappa shape index (κ3) is 6.37. The van der Waals surface area contributed by atoms with E-state index in [-0.39, 0.29) is 12.0 Å². The van der Waals surface area contributed by atoms with Crippen LogP contribution in [0.1, 0.15) is 28.2 Å². The van der Waals surface area contributed by atoms with E-state index in [0.29, 0.717) is 31.8 Å². The molecule has 2 atom stereocenters. The number of amides is 2. The average Bonchev–Trinajstić information content (AvgIpc) is 3.20. The molecular formula is C26H23F6N3O. The molecule has 0 unspecified atom stereocenters. The highest BCUT2D eigenvalue weighted by molar-refractivity contribution is 5.89. The van der Waals surface area contributed by atoms with Crippen LogP contribution >= 0.6 is 0 Å². The van der Waals surface area contributed by atoms with Crippen molar-refractivity contribution in [3.8, 4) is 0 Å². The molecule has 1 fully saturated rings. The molecule has 3 aromatic rings. The fourth-order valence-corrected chi connectivity index (χ4v) is 4.40. The number of carbonyl (C=O) groups is 1. The van der Waals surface area contributed by atoms with Gasteiger partial charge in [0, 0.05) is 31.2 Å². The van der Waals surface area contributed by atoms with Crippen molar-refractivity contribution < 1.29 is 31.1 Å². The quantitative estimate of drug-likeness (QED) is 0.387. The number of benzene rings is 3. The van der Waals surface area contributed by atoms with E-state index < -0.39 is 41.2 Å². The third-order valence-electron chi connectivity index (χ3n) is 6.03. The van der Waals surface area contributed by atoms with Gasteiger partial charge < -0.3 is 10.6 Å². The maximum Gasteiger partial charge on any atom is 0.416 e. The van der Waals surface area contributed by atoms with Gasteiger partial charge in [0.05, 0.1) is 17.2 Å². The second kappa shape index (κ2) is 10.2. The molecule has 4 rings (SSSR count). The van der Waals surface area contributed by atoms with E-state index in [4.69, 9.17) is 0 Å². The van der Waals surface area contributed by atoms with Crippen LogP contribution in [0.15, 0.2) is 78.9 Å². The van der Waals surface area contributed by atoms with Crippen molar-refractivity contribution in [2.75, 3.05) is 18.4 Å². The molecule has 2 N–H and O–H groups in total. The van der Waals surface area contributed by atoms with Crippen molar-refractivity contribution in [3.05, 3.63) is 101 Å². The monoisotopic (exact) mass is 507 g/mol. The van der Waals surface area contributed by atoms with Crippen LogP contribution in [0, 0.1) is 0 Å². The zero-order chi connectivity index (χ0) is 25.9. The van der Waals surface area contributed by atoms with Gasteiger partial charge in [0.2, 0.25) is 0 Å². The van der Waals surface area contributed by atoms with Crippen LogP contribution < -0.4 is 10.6 Å². The van der Waals surface area contributed by atoms with Gasteiger partial charge in [-0.25, -0.2) is 4.79 Å². The number of nitrogens with one attached hydrogen (secondary N) is 2. The van der Waals surface area contributed by atoms with Crippen LogP contribution in [-0.2, 0) is 18.9 Å². The summed E-state index contributed by atoms with van der Waals surface area (Å²) < 4.78 is 79.0. The maximum atomic E-state index is 13.2. The van der Waals surface area contributed by atoms with Crippen LogP contribution in [-0.4, -0.2) is 30.1 Å². The van der Waals surface area contributed by atoms with Crippen molar-refractivity contribution in [1.82, 2.24) is 10.2 Å². The first kappa shape index (κ1) is 25.6. The molecule has 0 aromatic heterocycles. The van der Waals surface area contributed by atoms with E-state index in [1.807, 2.05) is 60.7 Å². The fraction of sp³-hybridized carbons (Fsp3) is 0.269. The Kier molecular flexibility index (Phi) is 7.26. The van der Waals surface area contributed by atoms with E-state index in [9.17, 15) is 31.1 Å². The molecule has 36 heavy (non-hydrogen) atoms. The molecule has 1 heterocycles. The van der Waals surface area contributed by atoms with E-state index in [1.165, 1.54) is 0 Å². The molecule has 0 radical (unpaired) electrons. The summed E-state index contributed by atoms with van der Waals surface area (Å²) in [5.74, 6) is -0.118. The molecule has 0 bridgehead atoms. The van der Waals surface area contributed by atoms with Gasteiger partial charge >= 0.3 is 18.4 Å². The topological polar surface area (TPSA) is 44.4 Å². The lowest BCUT2D eigenvalue weighted by Crippen LogP contribution is -2.42. The summed E-state index contributed by atoms with van der Waals surface area (Å²) in [4.78, 5) is 14.9. The summed E-state index contributed by atoms with van der Waals surface area (Å²) in [6.07, 6.45) is -10.0. The van der Waals surface area contributed by atoms with Crippen LogP contribution in [0.4, 0.5) is 36.8 Å². The predicted octanol–water partition coefficient (Wildman–Crippen LogP) is 6.51. The second-order valence-electron chi connectivity index (χ2n) is 8.70. The molecular weight excluding hydrogens is 484 g/mol. The first-order valence-electron chi connectivity index (χ1n) is 11.2. The zero-order valence-corrected chi connectivity index (χ0v) is 18.9. The van der Waals surface area contributed by atoms with Crippen molar-refractivity contribution >= 4 is 11.7 Å². The summed E-state index contributed by atoms with van der Waals surface area (Å²) >= 11 is 0. The highest BCUT2D eigenvalue weighted by Crippen LogP contribution is 2.37. The number of anilines is 1. The number of likely N-dealkylation sites (tertiary alicyclic amines) is 1. The Morgan fingerprint density at radius 1 is 0.806 bits per heavy atom.